The summed E-state index contributed by atoms with van der Waals surface area (Å²) in [7, 11) is -0.931. The minimum atomic E-state index is -0.931. The molecule has 0 fully saturated rings. The van der Waals surface area contributed by atoms with Crippen molar-refractivity contribution >= 4 is 62.2 Å². The van der Waals surface area contributed by atoms with Gasteiger partial charge in [-0.15, -0.1) is 6.58 Å². The van der Waals surface area contributed by atoms with Crippen molar-refractivity contribution in [3.8, 4) is 0 Å². The summed E-state index contributed by atoms with van der Waals surface area (Å²) in [4.78, 5) is 24.2. The first kappa shape index (κ1) is 31.6. The molecular formula is C27H38Cl3N3O3Si. The fourth-order valence-corrected chi connectivity index (χ4v) is 5.53. The lowest BCUT2D eigenvalue weighted by Gasteiger charge is -2.39. The monoisotopic (exact) mass is 585 g/mol. The predicted octanol–water partition coefficient (Wildman–Crippen LogP) is 8.58. The summed E-state index contributed by atoms with van der Waals surface area (Å²) < 4.78 is 12.4. The Balaban J connectivity index is 2.85. The van der Waals surface area contributed by atoms with Gasteiger partial charge in [0.25, 0.3) is 0 Å². The molecule has 0 radical (unpaired) electrons. The van der Waals surface area contributed by atoms with E-state index < -0.39 is 27.1 Å². The highest BCUT2D eigenvalue weighted by Crippen LogP contribution is 2.45. The van der Waals surface area contributed by atoms with Crippen LogP contribution in [0.4, 0.5) is 16.3 Å². The zero-order valence-electron chi connectivity index (χ0n) is 23.2. The number of ether oxygens (including phenoxy) is 1. The molecule has 0 saturated carbocycles. The molecular weight excluding hydrogens is 549 g/mol. The molecule has 10 heteroatoms. The lowest BCUT2D eigenvalue weighted by atomic mass is 9.82. The first-order valence-electron chi connectivity index (χ1n) is 12.1. The van der Waals surface area contributed by atoms with E-state index in [0.717, 1.165) is 0 Å². The Morgan fingerprint density at radius 2 is 1.73 bits per heavy atom. The second kappa shape index (κ2) is 12.0. The largest absolute Gasteiger partial charge is 0.443 e. The van der Waals surface area contributed by atoms with E-state index in [0.29, 0.717) is 28.5 Å². The third-order valence-corrected chi connectivity index (χ3v) is 7.98. The second-order valence-corrected chi connectivity index (χ2v) is 15.6. The van der Waals surface area contributed by atoms with Crippen molar-refractivity contribution in [2.45, 2.75) is 90.9 Å². The lowest BCUT2D eigenvalue weighted by molar-refractivity contribution is 0.0593. The van der Waals surface area contributed by atoms with Gasteiger partial charge < -0.3 is 9.16 Å². The van der Waals surface area contributed by atoms with Crippen LogP contribution in [0.2, 0.25) is 20.2 Å². The van der Waals surface area contributed by atoms with Crippen molar-refractivity contribution in [2.75, 3.05) is 4.90 Å². The number of anilines is 2. The van der Waals surface area contributed by atoms with E-state index in [1.165, 1.54) is 4.90 Å². The maximum atomic E-state index is 13.7. The number of allylic oxidation sites excluding steroid dienone is 1. The molecule has 0 saturated heterocycles. The van der Waals surface area contributed by atoms with Gasteiger partial charge in [0.15, 0.2) is 15.6 Å². The Morgan fingerprint density at radius 3 is 2.24 bits per heavy atom. The summed E-state index contributed by atoms with van der Waals surface area (Å²) in [5.74, 6) is 0.346. The molecule has 2 aromatic rings. The normalized spacial score (nSPS) is 13.6. The van der Waals surface area contributed by atoms with Gasteiger partial charge in [0.2, 0.25) is 0 Å². The van der Waals surface area contributed by atoms with Crippen molar-refractivity contribution in [2.24, 2.45) is 0 Å². The molecule has 0 aliphatic heterocycles. The summed E-state index contributed by atoms with van der Waals surface area (Å²) in [6.07, 6.45) is 1.66. The van der Waals surface area contributed by atoms with Gasteiger partial charge >= 0.3 is 6.09 Å². The number of amides is 1. The highest BCUT2D eigenvalue weighted by molar-refractivity contribution is 6.37. The molecule has 0 aliphatic carbocycles. The molecule has 2 rings (SSSR count). The zero-order valence-corrected chi connectivity index (χ0v) is 26.9. The van der Waals surface area contributed by atoms with Crippen LogP contribution in [0, 0.1) is 6.92 Å². The van der Waals surface area contributed by atoms with Crippen LogP contribution in [0.3, 0.4) is 0 Å². The van der Waals surface area contributed by atoms with E-state index in [4.69, 9.17) is 48.9 Å². The van der Waals surface area contributed by atoms with Gasteiger partial charge in [0.1, 0.15) is 16.6 Å². The first-order valence-corrected chi connectivity index (χ1v) is 14.5. The van der Waals surface area contributed by atoms with E-state index in [-0.39, 0.29) is 26.9 Å². The van der Waals surface area contributed by atoms with E-state index in [1.807, 2.05) is 19.9 Å². The molecule has 1 aromatic carbocycles. The summed E-state index contributed by atoms with van der Waals surface area (Å²) >= 11 is 19.6. The topological polar surface area (TPSA) is 64.6 Å². The van der Waals surface area contributed by atoms with Crippen LogP contribution < -0.4 is 4.90 Å². The average Bonchev–Trinajstić information content (AvgIpc) is 2.71. The van der Waals surface area contributed by atoms with Gasteiger partial charge in [0.05, 0.1) is 16.3 Å². The molecule has 37 heavy (non-hydrogen) atoms. The van der Waals surface area contributed by atoms with Gasteiger partial charge in [-0.25, -0.2) is 19.7 Å². The van der Waals surface area contributed by atoms with Crippen molar-refractivity contribution in [3.63, 3.8) is 0 Å². The Hall–Kier alpha value is -1.64. The van der Waals surface area contributed by atoms with Gasteiger partial charge in [-0.2, -0.15) is 0 Å². The molecule has 0 N–H and O–H groups in total. The van der Waals surface area contributed by atoms with Crippen molar-refractivity contribution in [1.82, 2.24) is 9.97 Å². The van der Waals surface area contributed by atoms with Crippen molar-refractivity contribution < 1.29 is 14.0 Å². The number of hydrogen-bond acceptors (Lipinski definition) is 5. The van der Waals surface area contributed by atoms with Crippen LogP contribution in [-0.2, 0) is 9.16 Å². The number of carbonyl (C=O) groups excluding carboxylic acids is 1. The van der Waals surface area contributed by atoms with E-state index in [9.17, 15) is 4.79 Å². The first-order chi connectivity index (χ1) is 16.9. The minimum Gasteiger partial charge on any atom is -0.443 e. The van der Waals surface area contributed by atoms with Gasteiger partial charge in [0, 0.05) is 16.5 Å². The maximum absolute atomic E-state index is 13.7. The molecule has 1 unspecified atom stereocenters. The van der Waals surface area contributed by atoms with Gasteiger partial charge in [-0.05, 0) is 71.2 Å². The number of aromatic nitrogens is 2. The Labute approximate surface area is 238 Å². The highest BCUT2D eigenvalue weighted by Gasteiger charge is 2.39. The Kier molecular flexibility index (Phi) is 10.3. The molecule has 1 heterocycles. The minimum absolute atomic E-state index is 0.0752. The SMILES string of the molecule is C=CCC(c1c(Cl)nc(C)nc1N(C(=O)OC(C)(C)C)c1ccc(Cl)cc1Cl)C(C)(C)O[SiH2]C(C)(C)C. The molecule has 0 aliphatic rings. The number of hydrogen-bond donors (Lipinski definition) is 0. The van der Waals surface area contributed by atoms with Gasteiger partial charge in [-0.3, -0.25) is 0 Å². The number of aryl methyl sites for hydroxylation is 1. The molecule has 1 aromatic heterocycles. The molecule has 204 valence electrons. The zero-order chi connectivity index (χ0) is 28.3. The molecule has 0 spiro atoms. The van der Waals surface area contributed by atoms with E-state index >= 15 is 0 Å². The molecule has 0 bridgehead atoms. The molecule has 1 atom stereocenters. The molecule has 1 amide bonds. The number of carbonyl (C=O) groups is 1. The van der Waals surface area contributed by atoms with E-state index in [2.05, 4.69) is 32.3 Å². The average molecular weight is 587 g/mol. The fourth-order valence-electron chi connectivity index (χ4n) is 3.69. The van der Waals surface area contributed by atoms with Crippen LogP contribution in [0.25, 0.3) is 0 Å². The van der Waals surface area contributed by atoms with Gasteiger partial charge in [-0.1, -0.05) is 61.7 Å². The van der Waals surface area contributed by atoms with Crippen LogP contribution in [0.15, 0.2) is 30.9 Å². The standard InChI is InChI=1S/C27H38Cl3N3O3Si/c1-11-12-18(27(9,10)36-37-26(6,7)8)21-22(30)31-16(2)32-23(21)33(24(34)35-25(3,4)5)20-14-13-17(28)15-19(20)29/h11,13-15,18H,1,12,37H2,2-10H3. The Bertz CT molecular complexity index is 1140. The Morgan fingerprint density at radius 1 is 1.11 bits per heavy atom. The highest BCUT2D eigenvalue weighted by atomic mass is 35.5. The maximum Gasteiger partial charge on any atom is 0.420 e. The third kappa shape index (κ3) is 8.68. The third-order valence-electron chi connectivity index (χ3n) is 5.40. The number of halogens is 3. The van der Waals surface area contributed by atoms with Crippen molar-refractivity contribution in [3.05, 3.63) is 57.4 Å². The molecule has 6 nitrogen and oxygen atoms in total. The summed E-state index contributed by atoms with van der Waals surface area (Å²) in [5.41, 5.74) is -0.525. The van der Waals surface area contributed by atoms with Crippen LogP contribution in [-0.4, -0.2) is 37.0 Å². The number of nitrogens with zero attached hydrogens (tertiary/aromatic N) is 3. The summed E-state index contributed by atoms with van der Waals surface area (Å²) in [6, 6.07) is 4.87. The smallest absolute Gasteiger partial charge is 0.420 e. The van der Waals surface area contributed by atoms with Crippen LogP contribution in [0.5, 0.6) is 0 Å². The quantitative estimate of drug-likeness (QED) is 0.176. The van der Waals surface area contributed by atoms with E-state index in [1.54, 1.807) is 45.9 Å². The lowest BCUT2D eigenvalue weighted by Crippen LogP contribution is -2.39. The summed E-state index contributed by atoms with van der Waals surface area (Å²) in [5, 5.41) is 0.988. The number of rotatable bonds is 8. The summed E-state index contributed by atoms with van der Waals surface area (Å²) in [6.45, 7) is 21.6. The predicted molar refractivity (Wildman–Crippen MR) is 158 cm³/mol. The van der Waals surface area contributed by atoms with Crippen molar-refractivity contribution in [1.29, 1.82) is 0 Å². The second-order valence-electron chi connectivity index (χ2n) is 11.7. The van der Waals surface area contributed by atoms with Crippen LogP contribution in [0.1, 0.15) is 79.1 Å². The van der Waals surface area contributed by atoms with Crippen LogP contribution >= 0.6 is 34.8 Å². The fraction of sp³-hybridized carbons (Fsp3) is 0.519. The number of benzene rings is 1.